The SMILES string of the molecule is CCc1cccc(-c2cccc(CC)c2N)c1N. The minimum Gasteiger partial charge on any atom is -0.398 e. The fraction of sp³-hybridized carbons (Fsp3) is 0.250. The molecule has 2 heteroatoms. The summed E-state index contributed by atoms with van der Waals surface area (Å²) >= 11 is 0. The first kappa shape index (κ1) is 12.5. The van der Waals surface area contributed by atoms with Crippen LogP contribution in [0.25, 0.3) is 11.1 Å². The van der Waals surface area contributed by atoms with Crippen LogP contribution in [-0.4, -0.2) is 0 Å². The number of anilines is 2. The maximum Gasteiger partial charge on any atom is 0.0426 e. The molecule has 0 amide bonds. The Morgan fingerprint density at radius 2 is 1.11 bits per heavy atom. The van der Waals surface area contributed by atoms with Gasteiger partial charge in [-0.15, -0.1) is 0 Å². The van der Waals surface area contributed by atoms with Crippen molar-refractivity contribution in [1.29, 1.82) is 0 Å². The van der Waals surface area contributed by atoms with Gasteiger partial charge in [-0.1, -0.05) is 50.2 Å². The van der Waals surface area contributed by atoms with E-state index in [0.29, 0.717) is 0 Å². The molecule has 0 radical (unpaired) electrons. The second kappa shape index (κ2) is 5.13. The Morgan fingerprint density at radius 3 is 1.44 bits per heavy atom. The average molecular weight is 240 g/mol. The molecule has 0 heterocycles. The fourth-order valence-corrected chi connectivity index (χ4v) is 2.31. The topological polar surface area (TPSA) is 52.0 Å². The van der Waals surface area contributed by atoms with Gasteiger partial charge in [0.05, 0.1) is 0 Å². The third-order valence-corrected chi connectivity index (χ3v) is 3.44. The van der Waals surface area contributed by atoms with E-state index in [0.717, 1.165) is 35.3 Å². The standard InChI is InChI=1S/C16H20N2/c1-3-11-7-5-9-13(15(11)17)14-10-6-8-12(4-2)16(14)18/h5-10H,3-4,17-18H2,1-2H3. The second-order valence-corrected chi connectivity index (χ2v) is 4.46. The zero-order valence-corrected chi connectivity index (χ0v) is 11.0. The number of aryl methyl sites for hydroxylation is 2. The average Bonchev–Trinajstić information content (AvgIpc) is 2.40. The first-order valence-electron chi connectivity index (χ1n) is 6.44. The van der Waals surface area contributed by atoms with E-state index in [-0.39, 0.29) is 0 Å². The van der Waals surface area contributed by atoms with Gasteiger partial charge in [0, 0.05) is 22.5 Å². The Labute approximate surface area is 109 Å². The molecule has 0 saturated heterocycles. The Kier molecular flexibility index (Phi) is 3.56. The van der Waals surface area contributed by atoms with Crippen LogP contribution in [0.2, 0.25) is 0 Å². The van der Waals surface area contributed by atoms with E-state index in [2.05, 4.69) is 26.0 Å². The molecular formula is C16H20N2. The smallest absolute Gasteiger partial charge is 0.0426 e. The zero-order chi connectivity index (χ0) is 13.1. The number of benzene rings is 2. The van der Waals surface area contributed by atoms with Gasteiger partial charge in [0.15, 0.2) is 0 Å². The summed E-state index contributed by atoms with van der Waals surface area (Å²) in [5.41, 5.74) is 18.6. The summed E-state index contributed by atoms with van der Waals surface area (Å²) in [5, 5.41) is 0. The minimum atomic E-state index is 0.847. The van der Waals surface area contributed by atoms with E-state index < -0.39 is 0 Å². The third kappa shape index (κ3) is 2.06. The van der Waals surface area contributed by atoms with Crippen LogP contribution in [0.5, 0.6) is 0 Å². The zero-order valence-electron chi connectivity index (χ0n) is 11.0. The minimum absolute atomic E-state index is 0.847. The molecular weight excluding hydrogens is 220 g/mol. The summed E-state index contributed by atoms with van der Waals surface area (Å²) in [6.45, 7) is 4.22. The molecule has 0 aliphatic heterocycles. The lowest BCUT2D eigenvalue weighted by Crippen LogP contribution is -2.00. The molecule has 0 atom stereocenters. The third-order valence-electron chi connectivity index (χ3n) is 3.44. The highest BCUT2D eigenvalue weighted by atomic mass is 14.6. The van der Waals surface area contributed by atoms with Crippen LogP contribution >= 0.6 is 0 Å². The molecule has 0 saturated carbocycles. The molecule has 0 aromatic heterocycles. The predicted molar refractivity (Wildman–Crippen MR) is 79.5 cm³/mol. The molecule has 0 bridgehead atoms. The second-order valence-electron chi connectivity index (χ2n) is 4.46. The summed E-state index contributed by atoms with van der Waals surface area (Å²) in [6, 6.07) is 12.3. The summed E-state index contributed by atoms with van der Waals surface area (Å²) in [7, 11) is 0. The molecule has 0 aliphatic rings. The number of hydrogen-bond donors (Lipinski definition) is 2. The largest absolute Gasteiger partial charge is 0.398 e. The molecule has 94 valence electrons. The highest BCUT2D eigenvalue weighted by molar-refractivity contribution is 5.86. The maximum atomic E-state index is 6.23. The lowest BCUT2D eigenvalue weighted by Gasteiger charge is -2.14. The lowest BCUT2D eigenvalue weighted by molar-refractivity contribution is 1.14. The van der Waals surface area contributed by atoms with Crippen molar-refractivity contribution in [2.24, 2.45) is 0 Å². The van der Waals surface area contributed by atoms with Gasteiger partial charge in [0.25, 0.3) is 0 Å². The summed E-state index contributed by atoms with van der Waals surface area (Å²) in [5.74, 6) is 0. The fourth-order valence-electron chi connectivity index (χ4n) is 2.31. The van der Waals surface area contributed by atoms with Gasteiger partial charge in [-0.2, -0.15) is 0 Å². The predicted octanol–water partition coefficient (Wildman–Crippen LogP) is 3.64. The van der Waals surface area contributed by atoms with Crippen molar-refractivity contribution >= 4 is 11.4 Å². The summed E-state index contributed by atoms with van der Waals surface area (Å²) in [6.07, 6.45) is 1.88. The van der Waals surface area contributed by atoms with E-state index >= 15 is 0 Å². The molecule has 0 unspecified atom stereocenters. The van der Waals surface area contributed by atoms with Gasteiger partial charge in [-0.05, 0) is 24.0 Å². The van der Waals surface area contributed by atoms with E-state index in [1.54, 1.807) is 0 Å². The molecule has 0 spiro atoms. The number of nitrogens with two attached hydrogens (primary N) is 2. The van der Waals surface area contributed by atoms with Crippen LogP contribution in [0.1, 0.15) is 25.0 Å². The number of hydrogen-bond acceptors (Lipinski definition) is 2. The summed E-state index contributed by atoms with van der Waals surface area (Å²) < 4.78 is 0. The van der Waals surface area contributed by atoms with Gasteiger partial charge in [0.2, 0.25) is 0 Å². The van der Waals surface area contributed by atoms with Gasteiger partial charge >= 0.3 is 0 Å². The normalized spacial score (nSPS) is 10.6. The Balaban J connectivity index is 2.62. The lowest BCUT2D eigenvalue weighted by atomic mass is 9.95. The molecule has 2 aromatic rings. The van der Waals surface area contributed by atoms with Gasteiger partial charge in [0.1, 0.15) is 0 Å². The number of rotatable bonds is 3. The number of nitrogen functional groups attached to an aromatic ring is 2. The van der Waals surface area contributed by atoms with Crippen LogP contribution in [0.4, 0.5) is 11.4 Å². The molecule has 0 aliphatic carbocycles. The van der Waals surface area contributed by atoms with Crippen LogP contribution in [0, 0.1) is 0 Å². The highest BCUT2D eigenvalue weighted by Crippen LogP contribution is 2.34. The first-order chi connectivity index (χ1) is 8.69. The summed E-state index contributed by atoms with van der Waals surface area (Å²) in [4.78, 5) is 0. The highest BCUT2D eigenvalue weighted by Gasteiger charge is 2.10. The van der Waals surface area contributed by atoms with Gasteiger partial charge in [-0.3, -0.25) is 0 Å². The van der Waals surface area contributed by atoms with Crippen molar-refractivity contribution in [2.75, 3.05) is 11.5 Å². The Morgan fingerprint density at radius 1 is 0.722 bits per heavy atom. The van der Waals surface area contributed by atoms with E-state index in [1.807, 2.05) is 24.3 Å². The van der Waals surface area contributed by atoms with Crippen LogP contribution in [-0.2, 0) is 12.8 Å². The van der Waals surface area contributed by atoms with Crippen molar-refractivity contribution in [3.63, 3.8) is 0 Å². The van der Waals surface area contributed by atoms with Crippen molar-refractivity contribution in [3.8, 4) is 11.1 Å². The molecule has 18 heavy (non-hydrogen) atoms. The van der Waals surface area contributed by atoms with Crippen molar-refractivity contribution < 1.29 is 0 Å². The molecule has 2 aromatic carbocycles. The van der Waals surface area contributed by atoms with Crippen molar-refractivity contribution in [3.05, 3.63) is 47.5 Å². The molecule has 0 fully saturated rings. The first-order valence-corrected chi connectivity index (χ1v) is 6.44. The van der Waals surface area contributed by atoms with Crippen LogP contribution in [0.15, 0.2) is 36.4 Å². The van der Waals surface area contributed by atoms with Crippen LogP contribution < -0.4 is 11.5 Å². The number of para-hydroxylation sites is 2. The monoisotopic (exact) mass is 240 g/mol. The van der Waals surface area contributed by atoms with Crippen LogP contribution in [0.3, 0.4) is 0 Å². The van der Waals surface area contributed by atoms with E-state index in [1.165, 1.54) is 11.1 Å². The maximum absolute atomic E-state index is 6.23. The van der Waals surface area contributed by atoms with Gasteiger partial charge in [-0.25, -0.2) is 0 Å². The quantitative estimate of drug-likeness (QED) is 0.805. The van der Waals surface area contributed by atoms with E-state index in [9.17, 15) is 0 Å². The molecule has 4 N–H and O–H groups in total. The Bertz CT molecular complexity index is 508. The van der Waals surface area contributed by atoms with Crippen molar-refractivity contribution in [1.82, 2.24) is 0 Å². The van der Waals surface area contributed by atoms with E-state index in [4.69, 9.17) is 11.5 Å². The van der Waals surface area contributed by atoms with Crippen molar-refractivity contribution in [2.45, 2.75) is 26.7 Å². The molecule has 2 nitrogen and oxygen atoms in total. The van der Waals surface area contributed by atoms with Gasteiger partial charge < -0.3 is 11.5 Å². The Hall–Kier alpha value is -1.96. The molecule has 2 rings (SSSR count).